The number of aromatic nitrogens is 1. The van der Waals surface area contributed by atoms with Crippen LogP contribution >= 0.6 is 11.3 Å². The van der Waals surface area contributed by atoms with Crippen LogP contribution in [0.25, 0.3) is 0 Å². The zero-order valence-corrected chi connectivity index (χ0v) is 15.6. The minimum atomic E-state index is -0.0890. The molecule has 1 spiro atoms. The Morgan fingerprint density at radius 2 is 2.04 bits per heavy atom. The molecule has 2 saturated heterocycles. The molecule has 3 fully saturated rings. The number of aryl methyl sites for hydroxylation is 1. The number of hydrogen-bond donors (Lipinski definition) is 0. The Hall–Kier alpha value is -0.940. The quantitative estimate of drug-likeness (QED) is 0.838. The van der Waals surface area contributed by atoms with Crippen molar-refractivity contribution in [2.45, 2.75) is 70.9 Å². The minimum Gasteiger partial charge on any atom is -0.339 e. The third-order valence-corrected chi connectivity index (χ3v) is 7.35. The minimum absolute atomic E-state index is 0.0890. The van der Waals surface area contributed by atoms with Crippen molar-refractivity contribution in [1.82, 2.24) is 14.8 Å². The van der Waals surface area contributed by atoms with Crippen molar-refractivity contribution in [1.29, 1.82) is 0 Å². The monoisotopic (exact) mass is 347 g/mol. The van der Waals surface area contributed by atoms with Crippen LogP contribution in [-0.4, -0.2) is 46.4 Å². The van der Waals surface area contributed by atoms with E-state index >= 15 is 0 Å². The first-order valence-corrected chi connectivity index (χ1v) is 10.5. The number of piperidine rings is 1. The first kappa shape index (κ1) is 16.5. The highest BCUT2D eigenvalue weighted by Crippen LogP contribution is 2.42. The van der Waals surface area contributed by atoms with E-state index in [1.54, 1.807) is 11.3 Å². The summed E-state index contributed by atoms with van der Waals surface area (Å²) >= 11 is 1.75. The van der Waals surface area contributed by atoms with E-state index in [9.17, 15) is 4.79 Å². The average molecular weight is 348 g/mol. The van der Waals surface area contributed by atoms with E-state index in [2.05, 4.69) is 21.7 Å². The molecule has 1 aliphatic carbocycles. The van der Waals surface area contributed by atoms with Gasteiger partial charge in [-0.2, -0.15) is 0 Å². The van der Waals surface area contributed by atoms with Crippen LogP contribution in [0.2, 0.25) is 0 Å². The molecular formula is C19H29N3OS. The van der Waals surface area contributed by atoms with Crippen molar-refractivity contribution in [3.63, 3.8) is 0 Å². The third kappa shape index (κ3) is 3.01. The second-order valence-corrected chi connectivity index (χ2v) is 8.94. The van der Waals surface area contributed by atoms with Crippen LogP contribution in [0.1, 0.15) is 61.9 Å². The molecule has 3 aliphatic rings. The van der Waals surface area contributed by atoms with E-state index in [1.807, 2.05) is 5.51 Å². The molecule has 5 heteroatoms. The van der Waals surface area contributed by atoms with Gasteiger partial charge in [0.2, 0.25) is 5.91 Å². The van der Waals surface area contributed by atoms with Crippen molar-refractivity contribution in [2.24, 2.45) is 5.41 Å². The molecule has 24 heavy (non-hydrogen) atoms. The second-order valence-electron chi connectivity index (χ2n) is 8.00. The van der Waals surface area contributed by atoms with Gasteiger partial charge in [0.1, 0.15) is 0 Å². The Morgan fingerprint density at radius 3 is 2.79 bits per heavy atom. The fraction of sp³-hybridized carbons (Fsp3) is 0.789. The highest BCUT2D eigenvalue weighted by atomic mass is 32.1. The molecule has 1 aromatic rings. The summed E-state index contributed by atoms with van der Waals surface area (Å²) in [5.41, 5.74) is 3.00. The molecule has 1 atom stereocenters. The van der Waals surface area contributed by atoms with Crippen LogP contribution in [-0.2, 0) is 11.3 Å². The van der Waals surface area contributed by atoms with E-state index in [4.69, 9.17) is 0 Å². The standard InChI is InChI=1S/C19H29N3OS/c1-15-17(24-14-20-15)12-21-11-9-19(13-21)8-5-10-22(18(19)23)16-6-3-2-4-7-16/h14,16H,2-13H2,1H3/t19-/m0/s1. The van der Waals surface area contributed by atoms with Crippen LogP contribution in [0.15, 0.2) is 5.51 Å². The van der Waals surface area contributed by atoms with Crippen molar-refractivity contribution >= 4 is 17.2 Å². The Morgan fingerprint density at radius 1 is 1.21 bits per heavy atom. The lowest BCUT2D eigenvalue weighted by Gasteiger charge is -2.44. The van der Waals surface area contributed by atoms with Crippen LogP contribution < -0.4 is 0 Å². The number of likely N-dealkylation sites (tertiary alicyclic amines) is 2. The molecule has 4 rings (SSSR count). The molecule has 0 bridgehead atoms. The summed E-state index contributed by atoms with van der Waals surface area (Å²) in [6.07, 6.45) is 9.75. The zero-order chi connectivity index (χ0) is 16.6. The maximum Gasteiger partial charge on any atom is 0.230 e. The summed E-state index contributed by atoms with van der Waals surface area (Å²) in [6.45, 7) is 6.07. The van der Waals surface area contributed by atoms with Gasteiger partial charge in [-0.25, -0.2) is 4.98 Å². The molecule has 3 heterocycles. The van der Waals surface area contributed by atoms with Gasteiger partial charge in [-0.1, -0.05) is 19.3 Å². The van der Waals surface area contributed by atoms with E-state index in [-0.39, 0.29) is 5.41 Å². The third-order valence-electron chi connectivity index (χ3n) is 6.43. The number of thiazole rings is 1. The van der Waals surface area contributed by atoms with Gasteiger partial charge < -0.3 is 4.90 Å². The number of rotatable bonds is 3. The molecule has 0 N–H and O–H groups in total. The summed E-state index contributed by atoms with van der Waals surface area (Å²) in [7, 11) is 0. The molecule has 1 aromatic heterocycles. The largest absolute Gasteiger partial charge is 0.339 e. The maximum atomic E-state index is 13.4. The number of nitrogens with zero attached hydrogens (tertiary/aromatic N) is 3. The van der Waals surface area contributed by atoms with Gasteiger partial charge in [0, 0.05) is 30.6 Å². The lowest BCUT2D eigenvalue weighted by molar-refractivity contribution is -0.149. The van der Waals surface area contributed by atoms with E-state index in [0.29, 0.717) is 11.9 Å². The van der Waals surface area contributed by atoms with E-state index < -0.39 is 0 Å². The molecule has 0 radical (unpaired) electrons. The lowest BCUT2D eigenvalue weighted by atomic mass is 9.77. The van der Waals surface area contributed by atoms with Crippen molar-refractivity contribution in [3.8, 4) is 0 Å². The molecule has 1 amide bonds. The predicted octanol–water partition coefficient (Wildman–Crippen LogP) is 3.60. The maximum absolute atomic E-state index is 13.4. The van der Waals surface area contributed by atoms with E-state index in [1.165, 1.54) is 43.4 Å². The topological polar surface area (TPSA) is 36.4 Å². The zero-order valence-electron chi connectivity index (χ0n) is 14.8. The Labute approximate surface area is 149 Å². The summed E-state index contributed by atoms with van der Waals surface area (Å²) in [6, 6.07) is 0.529. The van der Waals surface area contributed by atoms with Crippen molar-refractivity contribution in [3.05, 3.63) is 16.1 Å². The second kappa shape index (κ2) is 6.75. The molecule has 132 valence electrons. The molecule has 0 aromatic carbocycles. The smallest absolute Gasteiger partial charge is 0.230 e. The van der Waals surface area contributed by atoms with E-state index in [0.717, 1.165) is 44.7 Å². The van der Waals surface area contributed by atoms with Gasteiger partial charge in [0.25, 0.3) is 0 Å². The summed E-state index contributed by atoms with van der Waals surface area (Å²) in [4.78, 5) is 23.9. The van der Waals surface area contributed by atoms with Gasteiger partial charge in [-0.05, 0) is 45.6 Å². The number of amides is 1. The Bertz CT molecular complexity index is 595. The first-order chi connectivity index (χ1) is 11.7. The highest BCUT2D eigenvalue weighted by molar-refractivity contribution is 7.09. The van der Waals surface area contributed by atoms with Crippen LogP contribution in [0.4, 0.5) is 0 Å². The first-order valence-electron chi connectivity index (χ1n) is 9.60. The van der Waals surface area contributed by atoms with Gasteiger partial charge in [-0.15, -0.1) is 11.3 Å². The average Bonchev–Trinajstić information content (AvgIpc) is 3.19. The molecule has 0 unspecified atom stereocenters. The number of carbonyl (C=O) groups excluding carboxylic acids is 1. The van der Waals surface area contributed by atoms with Gasteiger partial charge in [0.05, 0.1) is 16.6 Å². The number of carbonyl (C=O) groups is 1. The predicted molar refractivity (Wildman–Crippen MR) is 97.0 cm³/mol. The molecule has 4 nitrogen and oxygen atoms in total. The van der Waals surface area contributed by atoms with Gasteiger partial charge in [-0.3, -0.25) is 9.69 Å². The SMILES string of the molecule is Cc1ncsc1CN1CC[C@@]2(CCCN(C3CCCCC3)C2=O)C1. The van der Waals surface area contributed by atoms with Gasteiger partial charge >= 0.3 is 0 Å². The summed E-state index contributed by atoms with van der Waals surface area (Å²) in [5, 5.41) is 0. The Balaban J connectivity index is 1.44. The summed E-state index contributed by atoms with van der Waals surface area (Å²) in [5.74, 6) is 0.476. The molecular weight excluding hydrogens is 318 g/mol. The van der Waals surface area contributed by atoms with Crippen LogP contribution in [0, 0.1) is 12.3 Å². The van der Waals surface area contributed by atoms with Crippen molar-refractivity contribution in [2.75, 3.05) is 19.6 Å². The lowest BCUT2D eigenvalue weighted by Crippen LogP contribution is -2.54. The highest BCUT2D eigenvalue weighted by Gasteiger charge is 2.49. The number of hydrogen-bond acceptors (Lipinski definition) is 4. The normalized spacial score (nSPS) is 29.7. The fourth-order valence-corrected chi connectivity index (χ4v) is 5.81. The molecule has 2 aliphatic heterocycles. The molecule has 1 saturated carbocycles. The van der Waals surface area contributed by atoms with Crippen molar-refractivity contribution < 1.29 is 4.79 Å². The van der Waals surface area contributed by atoms with Crippen LogP contribution in [0.5, 0.6) is 0 Å². The summed E-state index contributed by atoms with van der Waals surface area (Å²) < 4.78 is 0. The van der Waals surface area contributed by atoms with Crippen LogP contribution in [0.3, 0.4) is 0 Å². The fourth-order valence-electron chi connectivity index (χ4n) is 4.99. The Kier molecular flexibility index (Phi) is 4.65. The van der Waals surface area contributed by atoms with Gasteiger partial charge in [0.15, 0.2) is 0 Å².